The van der Waals surface area contributed by atoms with Gasteiger partial charge in [-0.05, 0) is 48.5 Å². The van der Waals surface area contributed by atoms with E-state index in [0.717, 1.165) is 60.4 Å². The number of benzene rings is 7. The van der Waals surface area contributed by atoms with Crippen LogP contribution in [0.5, 0.6) is 0 Å². The summed E-state index contributed by atoms with van der Waals surface area (Å²) in [6.45, 7) is 0. The zero-order valence-electron chi connectivity index (χ0n) is 28.7. The minimum absolute atomic E-state index is 0.201. The van der Waals surface area contributed by atoms with E-state index in [1.807, 2.05) is 91.0 Å². The topological polar surface area (TPSA) is 96.1 Å². The number of rotatable bonds is 5. The van der Waals surface area contributed by atoms with Crippen molar-refractivity contribution >= 4 is 43.6 Å². The van der Waals surface area contributed by atoms with E-state index in [1.165, 1.54) is 0 Å². The zero-order valence-corrected chi connectivity index (χ0v) is 28.7. The molecular weight excluding hydrogens is 663 g/mol. The summed E-state index contributed by atoms with van der Waals surface area (Å²) in [7, 11) is 0. The van der Waals surface area contributed by atoms with E-state index in [-0.39, 0.29) is 11.1 Å². The molecule has 3 heterocycles. The Kier molecular flexibility index (Phi) is 7.11. The summed E-state index contributed by atoms with van der Waals surface area (Å²) >= 11 is 0. The Morgan fingerprint density at radius 1 is 0.389 bits per heavy atom. The number of aromatic nitrogens is 5. The average molecular weight is 690 g/mol. The Morgan fingerprint density at radius 2 is 0.852 bits per heavy atom. The maximum atomic E-state index is 10.9. The lowest BCUT2D eigenvalue weighted by atomic mass is 9.99. The number of nitrogens with zero attached hydrogens (tertiary/aromatic N) is 7. The first-order chi connectivity index (χ1) is 26.7. The molecule has 0 saturated heterocycles. The molecule has 250 valence electrons. The molecule has 54 heavy (non-hydrogen) atoms. The second-order valence-corrected chi connectivity index (χ2v) is 13.1. The number of fused-ring (bicyclic) bond motifs is 6. The molecular formula is C47H27N7. The molecule has 7 aromatic carbocycles. The standard InChI is InChI=1S/C47H27N7/c48-28-38-35(47-51-45(30-14-4-1-5-15-30)50-46(52-47)31-16-6-2-7-17-31)24-25-42(39(38)29-49)54-41-23-13-11-21-34(41)37-26-43-36(27-44(37)54)33-20-10-12-22-40(33)53(43)32-18-8-3-9-19-32/h1-27H. The monoisotopic (exact) mass is 689 g/mol. The maximum absolute atomic E-state index is 10.9. The van der Waals surface area contributed by atoms with Crippen molar-refractivity contribution in [3.05, 3.63) is 175 Å². The molecule has 0 aliphatic carbocycles. The van der Waals surface area contributed by atoms with Gasteiger partial charge in [0.05, 0.1) is 38.9 Å². The number of hydrogen-bond donors (Lipinski definition) is 0. The van der Waals surface area contributed by atoms with E-state index < -0.39 is 0 Å². The van der Waals surface area contributed by atoms with Crippen LogP contribution in [0.25, 0.3) is 89.2 Å². The second kappa shape index (κ2) is 12.4. The van der Waals surface area contributed by atoms with Gasteiger partial charge in [0.2, 0.25) is 0 Å². The summed E-state index contributed by atoms with van der Waals surface area (Å²) < 4.78 is 4.42. The zero-order chi connectivity index (χ0) is 36.2. The smallest absolute Gasteiger partial charge is 0.165 e. The van der Waals surface area contributed by atoms with Crippen molar-refractivity contribution < 1.29 is 0 Å². The van der Waals surface area contributed by atoms with Gasteiger partial charge in [0.15, 0.2) is 17.5 Å². The first-order valence-electron chi connectivity index (χ1n) is 17.6. The Balaban J connectivity index is 1.24. The van der Waals surface area contributed by atoms with Gasteiger partial charge in [0.25, 0.3) is 0 Å². The molecule has 0 aliphatic heterocycles. The van der Waals surface area contributed by atoms with E-state index >= 15 is 0 Å². The van der Waals surface area contributed by atoms with Gasteiger partial charge in [-0.3, -0.25) is 0 Å². The lowest BCUT2D eigenvalue weighted by Crippen LogP contribution is -2.05. The third-order valence-electron chi connectivity index (χ3n) is 10.1. The van der Waals surface area contributed by atoms with Crippen molar-refractivity contribution in [2.75, 3.05) is 0 Å². The van der Waals surface area contributed by atoms with Crippen molar-refractivity contribution in [1.29, 1.82) is 10.5 Å². The van der Waals surface area contributed by atoms with Crippen molar-refractivity contribution in [3.8, 4) is 57.7 Å². The van der Waals surface area contributed by atoms with Crippen LogP contribution in [0.1, 0.15) is 11.1 Å². The fourth-order valence-corrected chi connectivity index (χ4v) is 7.67. The maximum Gasteiger partial charge on any atom is 0.165 e. The number of para-hydroxylation sites is 3. The predicted octanol–water partition coefficient (Wildman–Crippen LogP) is 10.8. The summed E-state index contributed by atoms with van der Waals surface area (Å²) in [4.78, 5) is 14.6. The van der Waals surface area contributed by atoms with Crippen molar-refractivity contribution in [1.82, 2.24) is 24.1 Å². The summed E-state index contributed by atoms with van der Waals surface area (Å²) in [6, 6.07) is 59.5. The first-order valence-corrected chi connectivity index (χ1v) is 17.6. The summed E-state index contributed by atoms with van der Waals surface area (Å²) in [5, 5.41) is 26.0. The van der Waals surface area contributed by atoms with Gasteiger partial charge in [0.1, 0.15) is 12.1 Å². The molecule has 0 bridgehead atoms. The molecule has 0 fully saturated rings. The first kappa shape index (κ1) is 30.9. The Morgan fingerprint density at radius 3 is 1.41 bits per heavy atom. The van der Waals surface area contributed by atoms with Gasteiger partial charge in [-0.1, -0.05) is 115 Å². The Hall–Kier alpha value is -7.87. The lowest BCUT2D eigenvalue weighted by molar-refractivity contribution is 1.07. The van der Waals surface area contributed by atoms with Crippen LogP contribution < -0.4 is 0 Å². The van der Waals surface area contributed by atoms with Crippen LogP contribution >= 0.6 is 0 Å². The fraction of sp³-hybridized carbons (Fsp3) is 0. The van der Waals surface area contributed by atoms with E-state index in [2.05, 4.69) is 94.1 Å². The van der Waals surface area contributed by atoms with Crippen LogP contribution in [0, 0.1) is 22.7 Å². The van der Waals surface area contributed by atoms with Gasteiger partial charge in [-0.2, -0.15) is 10.5 Å². The summed E-state index contributed by atoms with van der Waals surface area (Å²) in [5.74, 6) is 1.28. The molecule has 0 N–H and O–H groups in total. The molecule has 0 saturated carbocycles. The SMILES string of the molecule is N#Cc1c(-c2nc(-c3ccccc3)nc(-c3ccccc3)n2)ccc(-n2c3ccccc3c3cc4c(cc32)c2ccccc2n4-c2ccccc2)c1C#N. The van der Waals surface area contributed by atoms with Crippen molar-refractivity contribution in [3.63, 3.8) is 0 Å². The highest BCUT2D eigenvalue weighted by atomic mass is 15.0. The molecule has 0 radical (unpaired) electrons. The Bertz CT molecular complexity index is 3110. The summed E-state index contributed by atoms with van der Waals surface area (Å²) in [6.07, 6.45) is 0. The van der Waals surface area contributed by atoms with Crippen LogP contribution in [0.15, 0.2) is 164 Å². The van der Waals surface area contributed by atoms with Gasteiger partial charge in [-0.25, -0.2) is 15.0 Å². The lowest BCUT2D eigenvalue weighted by Gasteiger charge is -2.14. The molecule has 0 atom stereocenters. The minimum atomic E-state index is 0.201. The van der Waals surface area contributed by atoms with Crippen molar-refractivity contribution in [2.45, 2.75) is 0 Å². The molecule has 0 spiro atoms. The van der Waals surface area contributed by atoms with Gasteiger partial charge in [0, 0.05) is 43.9 Å². The average Bonchev–Trinajstić information content (AvgIpc) is 3.74. The molecule has 7 heteroatoms. The fourth-order valence-electron chi connectivity index (χ4n) is 7.67. The van der Waals surface area contributed by atoms with Crippen LogP contribution in [0.2, 0.25) is 0 Å². The third kappa shape index (κ3) is 4.77. The highest BCUT2D eigenvalue weighted by molar-refractivity contribution is 6.19. The van der Waals surface area contributed by atoms with E-state index in [4.69, 9.17) is 15.0 Å². The van der Waals surface area contributed by atoms with E-state index in [1.54, 1.807) is 0 Å². The quantitative estimate of drug-likeness (QED) is 0.179. The van der Waals surface area contributed by atoms with Crippen LogP contribution in [0.3, 0.4) is 0 Å². The van der Waals surface area contributed by atoms with Gasteiger partial charge < -0.3 is 9.13 Å². The Labute approximate surface area is 309 Å². The highest BCUT2D eigenvalue weighted by Crippen LogP contribution is 2.41. The molecule has 0 unspecified atom stereocenters. The normalized spacial score (nSPS) is 11.3. The van der Waals surface area contributed by atoms with Gasteiger partial charge >= 0.3 is 0 Å². The predicted molar refractivity (Wildman–Crippen MR) is 214 cm³/mol. The number of hydrogen-bond acceptors (Lipinski definition) is 5. The molecule has 10 rings (SSSR count). The molecule has 7 nitrogen and oxygen atoms in total. The second-order valence-electron chi connectivity index (χ2n) is 13.1. The largest absolute Gasteiger partial charge is 0.309 e. The van der Waals surface area contributed by atoms with Crippen LogP contribution in [-0.2, 0) is 0 Å². The molecule has 0 aliphatic rings. The highest BCUT2D eigenvalue weighted by Gasteiger charge is 2.24. The molecule has 0 amide bonds. The summed E-state index contributed by atoms with van der Waals surface area (Å²) in [5.41, 5.74) is 8.30. The minimum Gasteiger partial charge on any atom is -0.309 e. The molecule has 10 aromatic rings. The van der Waals surface area contributed by atoms with E-state index in [9.17, 15) is 10.5 Å². The molecule has 3 aromatic heterocycles. The number of nitriles is 2. The van der Waals surface area contributed by atoms with Gasteiger partial charge in [-0.15, -0.1) is 0 Å². The van der Waals surface area contributed by atoms with Crippen LogP contribution in [0.4, 0.5) is 0 Å². The van der Waals surface area contributed by atoms with Crippen molar-refractivity contribution in [2.24, 2.45) is 0 Å². The van der Waals surface area contributed by atoms with Crippen LogP contribution in [-0.4, -0.2) is 24.1 Å². The van der Waals surface area contributed by atoms with E-state index in [0.29, 0.717) is 28.7 Å². The third-order valence-corrected chi connectivity index (χ3v) is 10.1.